The second-order valence-corrected chi connectivity index (χ2v) is 27.6. The van der Waals surface area contributed by atoms with Crippen LogP contribution < -0.4 is 14.2 Å². The van der Waals surface area contributed by atoms with Crippen molar-refractivity contribution in [3.8, 4) is 11.5 Å². The second kappa shape index (κ2) is 17.5. The standard InChI is InChI=1S/C43H68N2O7Si2/c1-30(2)42(8,9)53(12,13)51-34-23-18-32(19-24-34)20-27-38(46)49-37-17-16-28-45(40(48)50-41(5,6)7)29-36(37)44-39(47)33-21-25-35(26-22-33)52-54(14,15)43(10,11)31(3)4/h18-27,30-31,36-37H,16-17,28-29H2,1-15H3,(H,44,47)/t36-,37-/m1/s1. The SMILES string of the molecule is CC(C)C(C)(C)[Si](C)(C)Oc1ccc(C=CC(=O)O[C@@H]2CCCN(C(=O)OC(C)(C)C)C[C@H]2NC(=O)c2ccc(O[Si](C)(C)C(C)(C)C(C)C)cc2)cc1. The highest BCUT2D eigenvalue weighted by Crippen LogP contribution is 2.46. The lowest BCUT2D eigenvalue weighted by atomic mass is 9.99. The van der Waals surface area contributed by atoms with E-state index in [1.807, 2.05) is 57.2 Å². The van der Waals surface area contributed by atoms with Gasteiger partial charge < -0.3 is 28.5 Å². The Morgan fingerprint density at radius 2 is 1.26 bits per heavy atom. The zero-order chi connectivity index (χ0) is 40.9. The Labute approximate surface area is 327 Å². The molecule has 0 aliphatic carbocycles. The molecule has 2 atom stereocenters. The van der Waals surface area contributed by atoms with E-state index in [0.717, 1.165) is 17.1 Å². The van der Waals surface area contributed by atoms with Gasteiger partial charge in [0, 0.05) is 24.7 Å². The number of nitrogens with one attached hydrogen (secondary N) is 1. The molecular formula is C43H68N2O7Si2. The Balaban J connectivity index is 1.76. The van der Waals surface area contributed by atoms with Crippen LogP contribution >= 0.6 is 0 Å². The van der Waals surface area contributed by atoms with Crippen molar-refractivity contribution < 1.29 is 32.7 Å². The molecule has 1 heterocycles. The van der Waals surface area contributed by atoms with Crippen LogP contribution in [0.4, 0.5) is 4.79 Å². The van der Waals surface area contributed by atoms with E-state index in [1.54, 1.807) is 23.1 Å². The number of carbonyl (C=O) groups excluding carboxylic acids is 3. The summed E-state index contributed by atoms with van der Waals surface area (Å²) in [4.78, 5) is 41.7. The lowest BCUT2D eigenvalue weighted by Crippen LogP contribution is -2.51. The van der Waals surface area contributed by atoms with Crippen molar-refractivity contribution in [1.82, 2.24) is 10.2 Å². The summed E-state index contributed by atoms with van der Waals surface area (Å²) in [5.74, 6) is 1.61. The third-order valence-corrected chi connectivity index (χ3v) is 21.0. The predicted octanol–water partition coefficient (Wildman–Crippen LogP) is 10.5. The molecule has 1 fully saturated rings. The van der Waals surface area contributed by atoms with Crippen LogP contribution in [0.1, 0.15) is 105 Å². The van der Waals surface area contributed by atoms with Crippen LogP contribution in [0.3, 0.4) is 0 Å². The van der Waals surface area contributed by atoms with E-state index in [1.165, 1.54) is 6.08 Å². The molecule has 0 saturated carbocycles. The third kappa shape index (κ3) is 11.7. The molecule has 11 heteroatoms. The van der Waals surface area contributed by atoms with Gasteiger partial charge in [0.25, 0.3) is 22.5 Å². The van der Waals surface area contributed by atoms with Crippen LogP contribution in [0.25, 0.3) is 6.08 Å². The fourth-order valence-corrected chi connectivity index (χ4v) is 10.8. The molecule has 2 aromatic rings. The Kier molecular flexibility index (Phi) is 14.5. The smallest absolute Gasteiger partial charge is 0.410 e. The van der Waals surface area contributed by atoms with E-state index in [9.17, 15) is 14.4 Å². The van der Waals surface area contributed by atoms with Gasteiger partial charge in [0.05, 0.1) is 6.04 Å². The van der Waals surface area contributed by atoms with Crippen LogP contribution in [-0.2, 0) is 14.3 Å². The monoisotopic (exact) mass is 780 g/mol. The number of hydrogen-bond donors (Lipinski definition) is 1. The first kappa shape index (κ1) is 44.8. The maximum Gasteiger partial charge on any atom is 0.410 e. The number of esters is 1. The van der Waals surface area contributed by atoms with Gasteiger partial charge >= 0.3 is 12.1 Å². The maximum absolute atomic E-state index is 13.7. The molecule has 1 saturated heterocycles. The number of hydrogen-bond acceptors (Lipinski definition) is 7. The average Bonchev–Trinajstić information content (AvgIpc) is 3.25. The number of amides is 2. The summed E-state index contributed by atoms with van der Waals surface area (Å²) in [6, 6.07) is 14.2. The Morgan fingerprint density at radius 1 is 0.778 bits per heavy atom. The average molecular weight is 781 g/mol. The molecule has 9 nitrogen and oxygen atoms in total. The van der Waals surface area contributed by atoms with Crippen molar-refractivity contribution in [2.24, 2.45) is 11.8 Å². The molecule has 1 aliphatic rings. The molecule has 2 aromatic carbocycles. The van der Waals surface area contributed by atoms with E-state index >= 15 is 0 Å². The van der Waals surface area contributed by atoms with Crippen molar-refractivity contribution in [3.63, 3.8) is 0 Å². The molecule has 1 N–H and O–H groups in total. The molecule has 0 unspecified atom stereocenters. The van der Waals surface area contributed by atoms with Gasteiger partial charge in [0.1, 0.15) is 23.2 Å². The van der Waals surface area contributed by atoms with Crippen molar-refractivity contribution >= 4 is 40.7 Å². The van der Waals surface area contributed by atoms with E-state index < -0.39 is 46.4 Å². The van der Waals surface area contributed by atoms with Crippen LogP contribution in [0.2, 0.25) is 36.3 Å². The molecule has 300 valence electrons. The first-order valence-electron chi connectivity index (χ1n) is 19.5. The zero-order valence-electron chi connectivity index (χ0n) is 35.7. The van der Waals surface area contributed by atoms with E-state index in [2.05, 4.69) is 86.9 Å². The fraction of sp³-hybridized carbons (Fsp3) is 0.605. The fourth-order valence-electron chi connectivity index (χ4n) is 6.07. The normalized spacial score (nSPS) is 17.7. The second-order valence-electron chi connectivity index (χ2n) is 18.5. The van der Waals surface area contributed by atoms with E-state index in [0.29, 0.717) is 36.8 Å². The summed E-state index contributed by atoms with van der Waals surface area (Å²) in [6.07, 6.45) is 2.99. The van der Waals surface area contributed by atoms with Gasteiger partial charge in [-0.3, -0.25) is 4.79 Å². The maximum atomic E-state index is 13.7. The number of carbonyl (C=O) groups is 3. The molecule has 1 aliphatic heterocycles. The predicted molar refractivity (Wildman–Crippen MR) is 224 cm³/mol. The highest BCUT2D eigenvalue weighted by Gasteiger charge is 2.46. The molecule has 0 aromatic heterocycles. The largest absolute Gasteiger partial charge is 0.543 e. The summed E-state index contributed by atoms with van der Waals surface area (Å²) < 4.78 is 24.7. The van der Waals surface area contributed by atoms with E-state index in [4.69, 9.17) is 18.3 Å². The lowest BCUT2D eigenvalue weighted by molar-refractivity contribution is -0.144. The highest BCUT2D eigenvalue weighted by molar-refractivity contribution is 6.75. The number of nitrogens with zero attached hydrogens (tertiary/aromatic N) is 1. The van der Waals surface area contributed by atoms with Gasteiger partial charge in [0.2, 0.25) is 0 Å². The number of ether oxygens (including phenoxy) is 2. The Hall–Kier alpha value is -3.58. The van der Waals surface area contributed by atoms with Crippen molar-refractivity contribution in [1.29, 1.82) is 0 Å². The van der Waals surface area contributed by atoms with Gasteiger partial charge in [-0.05, 0) is 130 Å². The molecule has 3 rings (SSSR count). The third-order valence-electron chi connectivity index (χ3n) is 12.2. The highest BCUT2D eigenvalue weighted by atomic mass is 28.4. The summed E-state index contributed by atoms with van der Waals surface area (Å²) in [6.45, 7) is 32.9. The Bertz CT molecular complexity index is 1610. The topological polar surface area (TPSA) is 103 Å². The van der Waals surface area contributed by atoms with Crippen LogP contribution in [-0.4, -0.2) is 70.3 Å². The molecular weight excluding hydrogens is 713 g/mol. The summed E-state index contributed by atoms with van der Waals surface area (Å²) in [7, 11) is -4.20. The number of rotatable bonds is 13. The van der Waals surface area contributed by atoms with Gasteiger partial charge in [-0.1, -0.05) is 67.5 Å². The van der Waals surface area contributed by atoms with Gasteiger partial charge in [-0.15, -0.1) is 0 Å². The number of likely N-dealkylation sites (tertiary alicyclic amines) is 1. The van der Waals surface area contributed by atoms with Crippen molar-refractivity contribution in [2.45, 2.75) is 143 Å². The van der Waals surface area contributed by atoms with Gasteiger partial charge in [0.15, 0.2) is 0 Å². The summed E-state index contributed by atoms with van der Waals surface area (Å²) in [5, 5.41) is 3.18. The molecule has 0 radical (unpaired) electrons. The summed E-state index contributed by atoms with van der Waals surface area (Å²) in [5.41, 5.74) is 0.585. The van der Waals surface area contributed by atoms with Gasteiger partial charge in [-0.25, -0.2) is 9.59 Å². The molecule has 2 amide bonds. The van der Waals surface area contributed by atoms with Gasteiger partial charge in [-0.2, -0.15) is 0 Å². The quantitative estimate of drug-likeness (QED) is 0.123. The molecule has 54 heavy (non-hydrogen) atoms. The first-order chi connectivity index (χ1) is 24.8. The zero-order valence-corrected chi connectivity index (χ0v) is 37.7. The summed E-state index contributed by atoms with van der Waals surface area (Å²) >= 11 is 0. The van der Waals surface area contributed by atoms with Crippen LogP contribution in [0, 0.1) is 11.8 Å². The van der Waals surface area contributed by atoms with Crippen molar-refractivity contribution in [3.05, 3.63) is 65.7 Å². The lowest BCUT2D eigenvalue weighted by Gasteiger charge is -2.42. The van der Waals surface area contributed by atoms with Crippen LogP contribution in [0.15, 0.2) is 54.6 Å². The minimum Gasteiger partial charge on any atom is -0.543 e. The molecule has 0 bridgehead atoms. The number of benzene rings is 2. The van der Waals surface area contributed by atoms with Crippen LogP contribution in [0.5, 0.6) is 11.5 Å². The van der Waals surface area contributed by atoms with E-state index in [-0.39, 0.29) is 22.5 Å². The minimum atomic E-state index is -2.14. The Morgan fingerprint density at radius 3 is 1.72 bits per heavy atom. The molecule has 0 spiro atoms. The minimum absolute atomic E-state index is 0.0348. The first-order valence-corrected chi connectivity index (χ1v) is 25.3. The van der Waals surface area contributed by atoms with Crippen molar-refractivity contribution in [2.75, 3.05) is 13.1 Å².